The predicted molar refractivity (Wildman–Crippen MR) is 125 cm³/mol. The maximum absolute atomic E-state index is 12.3. The summed E-state index contributed by atoms with van der Waals surface area (Å²) in [5, 5.41) is 1.27. The highest BCUT2D eigenvalue weighted by molar-refractivity contribution is 6.34. The van der Waals surface area contributed by atoms with Crippen LogP contribution in [0.1, 0.15) is 43.5 Å². The molecule has 3 rings (SSSR count). The molecule has 0 unspecified atom stereocenters. The lowest BCUT2D eigenvalue weighted by Crippen LogP contribution is -2.25. The van der Waals surface area contributed by atoms with Gasteiger partial charge in [-0.15, -0.1) is 0 Å². The second-order valence-corrected chi connectivity index (χ2v) is 7.64. The van der Waals surface area contributed by atoms with Crippen molar-refractivity contribution >= 4 is 34.2 Å². The first-order chi connectivity index (χ1) is 15.0. The average Bonchev–Trinajstić information content (AvgIpc) is 3.18. The predicted octanol–water partition coefficient (Wildman–Crippen LogP) is 5.20. The summed E-state index contributed by atoms with van der Waals surface area (Å²) in [5.41, 5.74) is 5.08. The van der Waals surface area contributed by atoms with Crippen LogP contribution in [0.4, 0.5) is 5.82 Å². The number of nitrogens with one attached hydrogen (secondary N) is 2. The van der Waals surface area contributed by atoms with Gasteiger partial charge >= 0.3 is 0 Å². The number of amides is 1. The number of fused-ring (bicyclic) bond motifs is 1. The number of halogens is 1. The third kappa shape index (κ3) is 4.94. The standard InChI is InChI=1S/C23H29ClN4O3/c1-5-7-8-11-28(6-2)21-10-9-15(23(26-21)30-3)16-12-17-18(22(29)27-31-4)14-25-20(17)13-19(16)24/h9-10,12-14,25H,5-8,11H2,1-4H3,(H,27,29). The van der Waals surface area contributed by atoms with Crippen molar-refractivity contribution in [2.24, 2.45) is 0 Å². The number of benzene rings is 1. The second-order valence-electron chi connectivity index (χ2n) is 7.23. The van der Waals surface area contributed by atoms with E-state index in [4.69, 9.17) is 26.2 Å². The summed E-state index contributed by atoms with van der Waals surface area (Å²) < 4.78 is 5.62. The molecule has 0 saturated carbocycles. The Bertz CT molecular complexity index is 1050. The number of hydrogen-bond acceptors (Lipinski definition) is 5. The Kier molecular flexibility index (Phi) is 7.76. The molecule has 0 fully saturated rings. The molecule has 2 N–H and O–H groups in total. The lowest BCUT2D eigenvalue weighted by Gasteiger charge is -2.23. The highest BCUT2D eigenvalue weighted by atomic mass is 35.5. The molecule has 166 valence electrons. The molecular formula is C23H29ClN4O3. The lowest BCUT2D eigenvalue weighted by molar-refractivity contribution is 0.0539. The van der Waals surface area contributed by atoms with Gasteiger partial charge in [-0.1, -0.05) is 31.4 Å². The maximum Gasteiger partial charge on any atom is 0.276 e. The fourth-order valence-corrected chi connectivity index (χ4v) is 3.91. The van der Waals surface area contributed by atoms with Crippen LogP contribution in [0.3, 0.4) is 0 Å². The Hall–Kier alpha value is -2.77. The fraction of sp³-hybridized carbons (Fsp3) is 0.391. The fourth-order valence-electron chi connectivity index (χ4n) is 3.64. The number of carbonyl (C=O) groups is 1. The van der Waals surface area contributed by atoms with Crippen LogP contribution in [-0.4, -0.2) is 43.2 Å². The number of aromatic amines is 1. The molecule has 0 bridgehead atoms. The van der Waals surface area contributed by atoms with Crippen LogP contribution in [0.25, 0.3) is 22.0 Å². The molecule has 0 aliphatic rings. The largest absolute Gasteiger partial charge is 0.480 e. The van der Waals surface area contributed by atoms with Crippen molar-refractivity contribution in [2.75, 3.05) is 32.2 Å². The smallest absolute Gasteiger partial charge is 0.276 e. The number of hydroxylamine groups is 1. The minimum Gasteiger partial charge on any atom is -0.480 e. The Morgan fingerprint density at radius 2 is 2.00 bits per heavy atom. The van der Waals surface area contributed by atoms with Crippen molar-refractivity contribution in [3.63, 3.8) is 0 Å². The molecule has 0 aliphatic carbocycles. The van der Waals surface area contributed by atoms with Gasteiger partial charge in [-0.25, -0.2) is 5.48 Å². The molecule has 0 spiro atoms. The third-order valence-corrected chi connectivity index (χ3v) is 5.59. The van der Waals surface area contributed by atoms with Gasteiger partial charge in [-0.05, 0) is 37.6 Å². The highest BCUT2D eigenvalue weighted by Crippen LogP contribution is 2.38. The quantitative estimate of drug-likeness (QED) is 0.332. The molecule has 8 heteroatoms. The van der Waals surface area contributed by atoms with Crippen LogP contribution >= 0.6 is 11.6 Å². The monoisotopic (exact) mass is 444 g/mol. The molecule has 1 aromatic carbocycles. The molecule has 1 amide bonds. The van der Waals surface area contributed by atoms with Gasteiger partial charge in [0.1, 0.15) is 5.82 Å². The number of rotatable bonds is 10. The Morgan fingerprint density at radius 3 is 2.68 bits per heavy atom. The minimum absolute atomic E-state index is 0.340. The van der Waals surface area contributed by atoms with E-state index in [-0.39, 0.29) is 5.91 Å². The number of unbranched alkanes of at least 4 members (excludes halogenated alkanes) is 2. The second kappa shape index (κ2) is 10.5. The molecule has 7 nitrogen and oxygen atoms in total. The van der Waals surface area contributed by atoms with Crippen LogP contribution in [0.15, 0.2) is 30.5 Å². The molecule has 3 aromatic rings. The lowest BCUT2D eigenvalue weighted by atomic mass is 10.0. The molecule has 0 saturated heterocycles. The molecule has 2 heterocycles. The van der Waals surface area contributed by atoms with E-state index in [1.54, 1.807) is 19.4 Å². The number of nitrogens with zero attached hydrogens (tertiary/aromatic N) is 2. The number of carbonyl (C=O) groups excluding carboxylic acids is 1. The van der Waals surface area contributed by atoms with E-state index in [2.05, 4.69) is 29.2 Å². The Balaban J connectivity index is 2.02. The molecule has 0 atom stereocenters. The van der Waals surface area contributed by atoms with Crippen molar-refractivity contribution in [1.29, 1.82) is 0 Å². The van der Waals surface area contributed by atoms with Crippen LogP contribution in [-0.2, 0) is 4.84 Å². The van der Waals surface area contributed by atoms with Crippen LogP contribution in [0, 0.1) is 0 Å². The van der Waals surface area contributed by atoms with E-state index in [0.29, 0.717) is 16.5 Å². The van der Waals surface area contributed by atoms with Gasteiger partial charge < -0.3 is 14.6 Å². The first-order valence-corrected chi connectivity index (χ1v) is 10.9. The van der Waals surface area contributed by atoms with Crippen molar-refractivity contribution in [3.05, 3.63) is 41.0 Å². The van der Waals surface area contributed by atoms with Crippen LogP contribution in [0.2, 0.25) is 5.02 Å². The topological polar surface area (TPSA) is 79.5 Å². The van der Waals surface area contributed by atoms with E-state index in [0.717, 1.165) is 47.4 Å². The SMILES string of the molecule is CCCCCN(CC)c1ccc(-c2cc3c(C(=O)NOC)c[nH]c3cc2Cl)c(OC)n1. The molecule has 2 aromatic heterocycles. The summed E-state index contributed by atoms with van der Waals surface area (Å²) in [6, 6.07) is 7.63. The first-order valence-electron chi connectivity index (χ1n) is 10.5. The first kappa shape index (κ1) is 22.9. The van der Waals surface area contributed by atoms with Crippen LogP contribution < -0.4 is 15.1 Å². The molecule has 0 radical (unpaired) electrons. The van der Waals surface area contributed by atoms with Crippen LogP contribution in [0.5, 0.6) is 5.88 Å². The number of ether oxygens (including phenoxy) is 1. The summed E-state index contributed by atoms with van der Waals surface area (Å²) in [6.45, 7) is 6.14. The van der Waals surface area contributed by atoms with Crippen molar-refractivity contribution in [2.45, 2.75) is 33.1 Å². The van der Waals surface area contributed by atoms with E-state index < -0.39 is 0 Å². The van der Waals surface area contributed by atoms with Crippen molar-refractivity contribution in [1.82, 2.24) is 15.4 Å². The van der Waals surface area contributed by atoms with Gasteiger partial charge in [0.2, 0.25) is 5.88 Å². The van der Waals surface area contributed by atoms with E-state index in [1.807, 2.05) is 18.2 Å². The maximum atomic E-state index is 12.3. The summed E-state index contributed by atoms with van der Waals surface area (Å²) in [5.74, 6) is 1.03. The van der Waals surface area contributed by atoms with Gasteiger partial charge in [-0.2, -0.15) is 4.98 Å². The number of hydrogen-bond donors (Lipinski definition) is 2. The molecular weight excluding hydrogens is 416 g/mol. The summed E-state index contributed by atoms with van der Waals surface area (Å²) >= 11 is 6.59. The Labute approximate surface area is 187 Å². The van der Waals surface area contributed by atoms with E-state index in [1.165, 1.54) is 20.0 Å². The minimum atomic E-state index is -0.340. The number of pyridine rings is 1. The molecule has 0 aliphatic heterocycles. The highest BCUT2D eigenvalue weighted by Gasteiger charge is 2.18. The zero-order valence-corrected chi connectivity index (χ0v) is 19.2. The van der Waals surface area contributed by atoms with Gasteiger partial charge in [-0.3, -0.25) is 9.63 Å². The number of anilines is 1. The van der Waals surface area contributed by atoms with E-state index >= 15 is 0 Å². The zero-order valence-electron chi connectivity index (χ0n) is 18.4. The Morgan fingerprint density at radius 1 is 1.19 bits per heavy atom. The number of H-pyrrole nitrogens is 1. The number of aromatic nitrogens is 2. The zero-order chi connectivity index (χ0) is 22.4. The van der Waals surface area contributed by atoms with E-state index in [9.17, 15) is 4.79 Å². The summed E-state index contributed by atoms with van der Waals surface area (Å²) in [4.78, 5) is 27.1. The molecule has 31 heavy (non-hydrogen) atoms. The van der Waals surface area contributed by atoms with Gasteiger partial charge in [0.05, 0.1) is 24.8 Å². The van der Waals surface area contributed by atoms with Crippen molar-refractivity contribution < 1.29 is 14.4 Å². The summed E-state index contributed by atoms with van der Waals surface area (Å²) in [6.07, 6.45) is 5.13. The van der Waals surface area contributed by atoms with Gasteiger partial charge in [0.15, 0.2) is 0 Å². The van der Waals surface area contributed by atoms with Gasteiger partial charge in [0.25, 0.3) is 5.91 Å². The van der Waals surface area contributed by atoms with Gasteiger partial charge in [0, 0.05) is 41.3 Å². The number of methoxy groups -OCH3 is 1. The third-order valence-electron chi connectivity index (χ3n) is 5.28. The normalized spacial score (nSPS) is 11.0. The van der Waals surface area contributed by atoms with Crippen molar-refractivity contribution in [3.8, 4) is 17.0 Å². The average molecular weight is 445 g/mol. The summed E-state index contributed by atoms with van der Waals surface area (Å²) in [7, 11) is 3.00.